The molecule has 152 valence electrons. The zero-order valence-corrected chi connectivity index (χ0v) is 16.9. The number of hydrogen-bond acceptors (Lipinski definition) is 5. The zero-order chi connectivity index (χ0) is 19.5. The van der Waals surface area contributed by atoms with Crippen molar-refractivity contribution in [1.29, 1.82) is 0 Å². The maximum Gasteiger partial charge on any atom is 0.211 e. The maximum atomic E-state index is 14.2. The summed E-state index contributed by atoms with van der Waals surface area (Å²) in [5.74, 6) is 0.536. The van der Waals surface area contributed by atoms with Crippen LogP contribution in [0.1, 0.15) is 44.6 Å². The van der Waals surface area contributed by atoms with Gasteiger partial charge in [0, 0.05) is 29.1 Å². The van der Waals surface area contributed by atoms with Crippen molar-refractivity contribution in [3.05, 3.63) is 29.6 Å². The number of anilines is 1. The molecule has 1 aromatic carbocycles. The Kier molecular flexibility index (Phi) is 10.1. The van der Waals surface area contributed by atoms with Gasteiger partial charge in [0.15, 0.2) is 0 Å². The molecule has 0 aromatic heterocycles. The third-order valence-electron chi connectivity index (χ3n) is 5.45. The molecule has 0 aliphatic carbocycles. The number of amides is 1. The van der Waals surface area contributed by atoms with E-state index >= 15 is 0 Å². The van der Waals surface area contributed by atoms with E-state index in [1.54, 1.807) is 12.1 Å². The Morgan fingerprint density at radius 2 is 2.26 bits per heavy atom. The molecule has 1 amide bonds. The number of nitrogens with zero attached hydrogens (tertiary/aromatic N) is 1. The Hall–Kier alpha value is -1.15. The second-order valence-corrected chi connectivity index (χ2v) is 7.72. The van der Waals surface area contributed by atoms with E-state index in [2.05, 4.69) is 22.5 Å². The van der Waals surface area contributed by atoms with Gasteiger partial charge in [0.05, 0.1) is 0 Å². The van der Waals surface area contributed by atoms with Crippen LogP contribution < -0.4 is 10.6 Å². The van der Waals surface area contributed by atoms with E-state index in [-0.39, 0.29) is 5.82 Å². The van der Waals surface area contributed by atoms with Gasteiger partial charge in [0.2, 0.25) is 6.41 Å². The molecule has 1 aliphatic rings. The average Bonchev–Trinajstić information content (AvgIpc) is 2.65. The van der Waals surface area contributed by atoms with Crippen LogP contribution in [0.5, 0.6) is 0 Å². The minimum absolute atomic E-state index is 0.260. The highest BCUT2D eigenvalue weighted by Crippen LogP contribution is 2.22. The molecule has 1 heterocycles. The molecule has 1 aliphatic heterocycles. The van der Waals surface area contributed by atoms with Gasteiger partial charge in [-0.2, -0.15) is 0 Å². The second kappa shape index (κ2) is 12.3. The summed E-state index contributed by atoms with van der Waals surface area (Å²) < 4.78 is 23.1. The van der Waals surface area contributed by atoms with Crippen LogP contribution in [0.25, 0.3) is 0 Å². The Morgan fingerprint density at radius 1 is 1.41 bits per heavy atom. The average molecular weight is 398 g/mol. The Balaban J connectivity index is 1.90. The second-order valence-electron chi connectivity index (χ2n) is 7.05. The first kappa shape index (κ1) is 22.1. The summed E-state index contributed by atoms with van der Waals surface area (Å²) in [6.07, 6.45) is 6.32. The maximum absolute atomic E-state index is 14.2. The van der Waals surface area contributed by atoms with Gasteiger partial charge in [-0.05, 0) is 82.3 Å². The lowest BCUT2D eigenvalue weighted by atomic mass is 9.98. The van der Waals surface area contributed by atoms with Crippen molar-refractivity contribution >= 4 is 24.1 Å². The third-order valence-corrected chi connectivity index (χ3v) is 5.92. The fraction of sp³-hybridized carbons (Fsp3) is 0.650. The summed E-state index contributed by atoms with van der Waals surface area (Å²) >= 11 is 0.927. The van der Waals surface area contributed by atoms with Gasteiger partial charge in [-0.25, -0.2) is 4.39 Å². The van der Waals surface area contributed by atoms with Crippen molar-refractivity contribution in [3.8, 4) is 0 Å². The lowest BCUT2D eigenvalue weighted by Crippen LogP contribution is -2.45. The van der Waals surface area contributed by atoms with Crippen LogP contribution in [-0.4, -0.2) is 53.3 Å². The molecule has 0 spiro atoms. The van der Waals surface area contributed by atoms with Gasteiger partial charge in [-0.3, -0.25) is 4.79 Å². The minimum atomic E-state index is -0.260. The highest BCUT2D eigenvalue weighted by atomic mass is 32.2. The molecule has 0 radical (unpaired) electrons. The molecular weight excluding hydrogens is 365 g/mol. The van der Waals surface area contributed by atoms with Gasteiger partial charge in [-0.1, -0.05) is 13.0 Å². The first-order valence-electron chi connectivity index (χ1n) is 9.91. The highest BCUT2D eigenvalue weighted by Gasteiger charge is 2.22. The van der Waals surface area contributed by atoms with Gasteiger partial charge in [0.25, 0.3) is 0 Å². The van der Waals surface area contributed by atoms with Gasteiger partial charge in [-0.15, -0.1) is 0 Å². The number of rotatable bonds is 10. The lowest BCUT2D eigenvalue weighted by Gasteiger charge is -2.35. The Bertz CT molecular complexity index is 576. The van der Waals surface area contributed by atoms with E-state index in [1.165, 1.54) is 6.07 Å². The molecule has 7 heteroatoms. The van der Waals surface area contributed by atoms with E-state index in [1.807, 2.05) is 0 Å². The van der Waals surface area contributed by atoms with Crippen molar-refractivity contribution in [2.24, 2.45) is 0 Å². The molecule has 27 heavy (non-hydrogen) atoms. The third kappa shape index (κ3) is 7.07. The highest BCUT2D eigenvalue weighted by molar-refractivity contribution is 7.93. The SMILES string of the molecule is CCN1CCC(CCc2c(F)cccc2NC=O)NCCC1CCCSO. The van der Waals surface area contributed by atoms with Crippen molar-refractivity contribution in [1.82, 2.24) is 10.2 Å². The standard InChI is InChI=1S/C20H32FN3O2S/c1-2-24-13-11-16(22-12-10-17(24)5-4-14-27-26)8-9-18-19(21)6-3-7-20(18)23-15-25/h3,6-7,15-17,22,26H,2,4-5,8-14H2,1H3,(H,23,25). The zero-order valence-electron chi connectivity index (χ0n) is 16.1. The molecule has 1 aromatic rings. The monoisotopic (exact) mass is 397 g/mol. The summed E-state index contributed by atoms with van der Waals surface area (Å²) in [6, 6.07) is 5.72. The molecular formula is C20H32FN3O2S. The number of carbonyl (C=O) groups excluding carboxylic acids is 1. The van der Waals surface area contributed by atoms with Crippen LogP contribution in [0, 0.1) is 5.82 Å². The number of benzene rings is 1. The number of hydrogen-bond donors (Lipinski definition) is 3. The fourth-order valence-electron chi connectivity index (χ4n) is 3.95. The molecule has 5 nitrogen and oxygen atoms in total. The molecule has 2 rings (SSSR count). The van der Waals surface area contributed by atoms with Crippen molar-refractivity contribution < 1.29 is 13.7 Å². The molecule has 1 fully saturated rings. The Labute approximate surface area is 166 Å². The normalized spacial score (nSPS) is 21.4. The van der Waals surface area contributed by atoms with Crippen LogP contribution in [0.15, 0.2) is 18.2 Å². The van der Waals surface area contributed by atoms with E-state index in [0.29, 0.717) is 36.2 Å². The minimum Gasteiger partial charge on any atom is -0.330 e. The molecule has 1 saturated heterocycles. The largest absolute Gasteiger partial charge is 0.330 e. The topological polar surface area (TPSA) is 64.6 Å². The van der Waals surface area contributed by atoms with E-state index in [0.717, 1.165) is 69.5 Å². The molecule has 2 atom stereocenters. The predicted molar refractivity (Wildman–Crippen MR) is 111 cm³/mol. The van der Waals surface area contributed by atoms with Gasteiger partial charge < -0.3 is 20.1 Å². The smallest absolute Gasteiger partial charge is 0.211 e. The van der Waals surface area contributed by atoms with E-state index in [4.69, 9.17) is 4.55 Å². The van der Waals surface area contributed by atoms with E-state index in [9.17, 15) is 9.18 Å². The number of nitrogens with one attached hydrogen (secondary N) is 2. The fourth-order valence-corrected chi connectivity index (χ4v) is 4.24. The molecule has 3 N–H and O–H groups in total. The molecule has 2 unspecified atom stereocenters. The van der Waals surface area contributed by atoms with Gasteiger partial charge >= 0.3 is 0 Å². The summed E-state index contributed by atoms with van der Waals surface area (Å²) in [5.41, 5.74) is 1.15. The van der Waals surface area contributed by atoms with Gasteiger partial charge in [0.1, 0.15) is 5.82 Å². The first-order valence-corrected chi connectivity index (χ1v) is 10.8. The van der Waals surface area contributed by atoms with Crippen molar-refractivity contribution in [3.63, 3.8) is 0 Å². The van der Waals surface area contributed by atoms with Crippen LogP contribution in [-0.2, 0) is 11.2 Å². The van der Waals surface area contributed by atoms with Crippen molar-refractivity contribution in [2.75, 3.05) is 30.7 Å². The van der Waals surface area contributed by atoms with Crippen LogP contribution in [0.3, 0.4) is 0 Å². The quantitative estimate of drug-likeness (QED) is 0.319. The summed E-state index contributed by atoms with van der Waals surface area (Å²) in [5, 5.41) is 6.24. The predicted octanol–water partition coefficient (Wildman–Crippen LogP) is 3.76. The van der Waals surface area contributed by atoms with Crippen molar-refractivity contribution in [2.45, 2.75) is 57.5 Å². The summed E-state index contributed by atoms with van der Waals surface area (Å²) in [4.78, 5) is 13.3. The molecule has 0 saturated carbocycles. The van der Waals surface area contributed by atoms with Crippen LogP contribution in [0.2, 0.25) is 0 Å². The summed E-state index contributed by atoms with van der Waals surface area (Å²) in [6.45, 7) is 5.22. The van der Waals surface area contributed by atoms with E-state index < -0.39 is 0 Å². The van der Waals surface area contributed by atoms with Crippen LogP contribution >= 0.6 is 12.0 Å². The number of carbonyl (C=O) groups is 1. The van der Waals surface area contributed by atoms with Crippen LogP contribution in [0.4, 0.5) is 10.1 Å². The molecule has 0 bridgehead atoms. The lowest BCUT2D eigenvalue weighted by molar-refractivity contribution is -0.105. The number of halogens is 1. The first-order chi connectivity index (χ1) is 13.2. The summed E-state index contributed by atoms with van der Waals surface area (Å²) in [7, 11) is 0. The Morgan fingerprint density at radius 3 is 3.00 bits per heavy atom.